The Morgan fingerprint density at radius 1 is 0.830 bits per heavy atom. The van der Waals surface area contributed by atoms with Crippen molar-refractivity contribution in [3.8, 4) is 0 Å². The average molecular weight is 713 g/mol. The maximum atomic E-state index is 14.7. The summed E-state index contributed by atoms with van der Waals surface area (Å²) in [5.74, 6) is -0.912. The fourth-order valence-corrected chi connectivity index (χ4v) is 7.99. The number of para-hydroxylation sites is 1. The summed E-state index contributed by atoms with van der Waals surface area (Å²) in [5.41, 5.74) is 2.28. The van der Waals surface area contributed by atoms with E-state index in [1.165, 1.54) is 29.2 Å². The number of carbonyl (C=O) groups is 2. The molecule has 2 amide bonds. The standard InChI is InChI=1S/C36H36Cl3N3O4S/c1-25-10-5-8-17-33(25)42(47(45,46)29-20-18-27(37)19-21-29)24-35(43)41(23-30-31(38)15-9-16-32(30)39)34(22-26-11-3-2-4-12-26)36(44)40-28-13-6-7-14-28/h2-5,8-12,15-21,28,34H,6-7,13-14,22-24H2,1H3,(H,40,44). The van der Waals surface area contributed by atoms with E-state index in [1.54, 1.807) is 49.4 Å². The maximum absolute atomic E-state index is 14.7. The minimum atomic E-state index is -4.26. The van der Waals surface area contributed by atoms with Gasteiger partial charge in [0.2, 0.25) is 11.8 Å². The lowest BCUT2D eigenvalue weighted by atomic mass is 10.0. The first-order valence-corrected chi connectivity index (χ1v) is 18.0. The molecule has 0 radical (unpaired) electrons. The zero-order valence-corrected chi connectivity index (χ0v) is 29.0. The van der Waals surface area contributed by atoms with Gasteiger partial charge in [0.15, 0.2) is 0 Å². The van der Waals surface area contributed by atoms with Crippen LogP contribution < -0.4 is 9.62 Å². The van der Waals surface area contributed by atoms with Crippen molar-refractivity contribution in [1.82, 2.24) is 10.2 Å². The summed E-state index contributed by atoms with van der Waals surface area (Å²) >= 11 is 19.3. The number of nitrogens with zero attached hydrogens (tertiary/aromatic N) is 2. The molecule has 246 valence electrons. The van der Waals surface area contributed by atoms with Crippen LogP contribution in [0, 0.1) is 6.92 Å². The van der Waals surface area contributed by atoms with E-state index in [1.807, 2.05) is 30.3 Å². The zero-order valence-electron chi connectivity index (χ0n) is 25.9. The van der Waals surface area contributed by atoms with Gasteiger partial charge in [-0.15, -0.1) is 0 Å². The Morgan fingerprint density at radius 2 is 1.45 bits per heavy atom. The first kappa shape index (κ1) is 34.8. The summed E-state index contributed by atoms with van der Waals surface area (Å²) in [7, 11) is -4.26. The molecular weight excluding hydrogens is 677 g/mol. The van der Waals surface area contributed by atoms with Gasteiger partial charge in [-0.1, -0.05) is 102 Å². The fraction of sp³-hybridized carbons (Fsp3) is 0.278. The number of rotatable bonds is 12. The molecule has 5 rings (SSSR count). The second kappa shape index (κ2) is 15.6. The molecule has 1 atom stereocenters. The molecule has 1 unspecified atom stereocenters. The van der Waals surface area contributed by atoms with Crippen LogP contribution in [-0.4, -0.2) is 43.8 Å². The maximum Gasteiger partial charge on any atom is 0.264 e. The van der Waals surface area contributed by atoms with Crippen molar-refractivity contribution < 1.29 is 18.0 Å². The zero-order chi connectivity index (χ0) is 33.6. The number of benzene rings is 4. The van der Waals surface area contributed by atoms with Crippen molar-refractivity contribution in [2.24, 2.45) is 0 Å². The topological polar surface area (TPSA) is 86.8 Å². The smallest absolute Gasteiger partial charge is 0.264 e. The van der Waals surface area contributed by atoms with E-state index in [9.17, 15) is 18.0 Å². The van der Waals surface area contributed by atoms with Gasteiger partial charge in [0.1, 0.15) is 12.6 Å². The number of carbonyl (C=O) groups excluding carboxylic acids is 2. The van der Waals surface area contributed by atoms with Crippen LogP contribution in [0.1, 0.15) is 42.4 Å². The lowest BCUT2D eigenvalue weighted by molar-refractivity contribution is -0.140. The first-order valence-electron chi connectivity index (χ1n) is 15.4. The summed E-state index contributed by atoms with van der Waals surface area (Å²) in [6.45, 7) is 1.08. The van der Waals surface area contributed by atoms with Gasteiger partial charge in [-0.25, -0.2) is 8.42 Å². The van der Waals surface area contributed by atoms with Gasteiger partial charge in [0.25, 0.3) is 10.0 Å². The summed E-state index contributed by atoms with van der Waals surface area (Å²) < 4.78 is 29.6. The number of sulfonamides is 1. The number of aryl methyl sites for hydroxylation is 1. The Bertz CT molecular complexity index is 1790. The second-order valence-corrected chi connectivity index (χ2v) is 14.8. The molecular formula is C36H36Cl3N3O4S. The summed E-state index contributed by atoms with van der Waals surface area (Å²) in [4.78, 5) is 30.2. The summed E-state index contributed by atoms with van der Waals surface area (Å²) in [6.07, 6.45) is 3.94. The van der Waals surface area contributed by atoms with Crippen LogP contribution in [-0.2, 0) is 32.6 Å². The first-order chi connectivity index (χ1) is 22.5. The van der Waals surface area contributed by atoms with E-state index in [-0.39, 0.29) is 29.8 Å². The van der Waals surface area contributed by atoms with Gasteiger partial charge in [0, 0.05) is 39.6 Å². The Kier molecular flexibility index (Phi) is 11.5. The number of nitrogens with one attached hydrogen (secondary N) is 1. The molecule has 0 heterocycles. The summed E-state index contributed by atoms with van der Waals surface area (Å²) in [5, 5.41) is 4.20. The van der Waals surface area contributed by atoms with Crippen LogP contribution in [0.5, 0.6) is 0 Å². The number of hydrogen-bond acceptors (Lipinski definition) is 4. The molecule has 0 aromatic heterocycles. The third-order valence-electron chi connectivity index (χ3n) is 8.43. The molecule has 1 fully saturated rings. The second-order valence-electron chi connectivity index (χ2n) is 11.7. The number of halogens is 3. The van der Waals surface area contributed by atoms with Crippen LogP contribution in [0.4, 0.5) is 5.69 Å². The van der Waals surface area contributed by atoms with Crippen molar-refractivity contribution in [3.05, 3.63) is 129 Å². The van der Waals surface area contributed by atoms with Gasteiger partial charge in [0.05, 0.1) is 10.6 Å². The predicted molar refractivity (Wildman–Crippen MR) is 189 cm³/mol. The van der Waals surface area contributed by atoms with Gasteiger partial charge in [-0.2, -0.15) is 0 Å². The minimum absolute atomic E-state index is 0.00428. The molecule has 7 nitrogen and oxygen atoms in total. The van der Waals surface area contributed by atoms with Crippen molar-refractivity contribution >= 4 is 62.3 Å². The molecule has 1 aliphatic rings. The SMILES string of the molecule is Cc1ccccc1N(CC(=O)N(Cc1c(Cl)cccc1Cl)C(Cc1ccccc1)C(=O)NC1CCCC1)S(=O)(=O)c1ccc(Cl)cc1. The van der Waals surface area contributed by atoms with E-state index < -0.39 is 28.5 Å². The highest BCUT2D eigenvalue weighted by Crippen LogP contribution is 2.31. The number of anilines is 1. The van der Waals surface area contributed by atoms with Gasteiger partial charge in [-0.3, -0.25) is 13.9 Å². The molecule has 11 heteroatoms. The Labute approximate surface area is 291 Å². The van der Waals surface area contributed by atoms with Crippen LogP contribution >= 0.6 is 34.8 Å². The number of hydrogen-bond donors (Lipinski definition) is 1. The highest BCUT2D eigenvalue weighted by molar-refractivity contribution is 7.92. The quantitative estimate of drug-likeness (QED) is 0.162. The van der Waals surface area contributed by atoms with Crippen LogP contribution in [0.25, 0.3) is 0 Å². The van der Waals surface area contributed by atoms with Crippen LogP contribution in [0.2, 0.25) is 15.1 Å². The average Bonchev–Trinajstić information content (AvgIpc) is 3.57. The van der Waals surface area contributed by atoms with E-state index in [4.69, 9.17) is 34.8 Å². The molecule has 4 aromatic rings. The lowest BCUT2D eigenvalue weighted by Crippen LogP contribution is -2.54. The highest BCUT2D eigenvalue weighted by atomic mass is 35.5. The third kappa shape index (κ3) is 8.49. The molecule has 47 heavy (non-hydrogen) atoms. The van der Waals surface area contributed by atoms with E-state index in [2.05, 4.69) is 5.32 Å². The molecule has 0 spiro atoms. The normalized spacial score (nSPS) is 14.0. The Hall–Kier alpha value is -3.56. The molecule has 1 saturated carbocycles. The van der Waals surface area contributed by atoms with Crippen molar-refractivity contribution in [3.63, 3.8) is 0 Å². The molecule has 1 N–H and O–H groups in total. The van der Waals surface area contributed by atoms with Gasteiger partial charge < -0.3 is 10.2 Å². The highest BCUT2D eigenvalue weighted by Gasteiger charge is 2.36. The Balaban J connectivity index is 1.60. The van der Waals surface area contributed by atoms with Crippen molar-refractivity contribution in [2.75, 3.05) is 10.8 Å². The third-order valence-corrected chi connectivity index (χ3v) is 11.2. The fourth-order valence-electron chi connectivity index (χ4n) is 5.87. The van der Waals surface area contributed by atoms with E-state index >= 15 is 0 Å². The van der Waals surface area contributed by atoms with E-state index in [0.29, 0.717) is 31.9 Å². The largest absolute Gasteiger partial charge is 0.352 e. The summed E-state index contributed by atoms with van der Waals surface area (Å²) in [6, 6.07) is 26.2. The minimum Gasteiger partial charge on any atom is -0.352 e. The van der Waals surface area contributed by atoms with Crippen LogP contribution in [0.15, 0.2) is 102 Å². The van der Waals surface area contributed by atoms with Gasteiger partial charge >= 0.3 is 0 Å². The molecule has 0 aliphatic heterocycles. The molecule has 0 saturated heterocycles. The van der Waals surface area contributed by atoms with Crippen molar-refractivity contribution in [1.29, 1.82) is 0 Å². The molecule has 1 aliphatic carbocycles. The van der Waals surface area contributed by atoms with Gasteiger partial charge in [-0.05, 0) is 73.4 Å². The molecule has 4 aromatic carbocycles. The molecule has 0 bridgehead atoms. The van der Waals surface area contributed by atoms with E-state index in [0.717, 1.165) is 35.6 Å². The monoisotopic (exact) mass is 711 g/mol. The van der Waals surface area contributed by atoms with Crippen LogP contribution in [0.3, 0.4) is 0 Å². The van der Waals surface area contributed by atoms with Crippen molar-refractivity contribution in [2.45, 2.75) is 62.6 Å². The Morgan fingerprint density at radius 3 is 2.09 bits per heavy atom. The number of amides is 2. The predicted octanol–water partition coefficient (Wildman–Crippen LogP) is 7.85. The lowest BCUT2D eigenvalue weighted by Gasteiger charge is -2.35.